The van der Waals surface area contributed by atoms with Crippen LogP contribution in [0.5, 0.6) is 0 Å². The van der Waals surface area contributed by atoms with Crippen LogP contribution in [0.4, 0.5) is 5.69 Å². The number of aliphatic imine (C=N–C) groups is 1. The van der Waals surface area contributed by atoms with Gasteiger partial charge in [0.05, 0.1) is 0 Å². The second kappa shape index (κ2) is 10.8. The summed E-state index contributed by atoms with van der Waals surface area (Å²) in [7, 11) is 1.99. The normalized spacial score (nSPS) is 14.9. The summed E-state index contributed by atoms with van der Waals surface area (Å²) in [6, 6.07) is 11.1. The monoisotopic (exact) mass is 397 g/mol. The van der Waals surface area contributed by atoms with E-state index in [1.807, 2.05) is 18.5 Å². The maximum Gasteiger partial charge on any atom is 0.191 e. The van der Waals surface area contributed by atoms with Crippen molar-refractivity contribution in [2.45, 2.75) is 58.5 Å². The number of para-hydroxylation sites is 1. The minimum absolute atomic E-state index is 0.527. The summed E-state index contributed by atoms with van der Waals surface area (Å²) in [5.74, 6) is 2.69. The molecule has 0 bridgehead atoms. The van der Waals surface area contributed by atoms with E-state index >= 15 is 0 Å². The molecule has 0 spiro atoms. The van der Waals surface area contributed by atoms with Gasteiger partial charge < -0.3 is 20.1 Å². The van der Waals surface area contributed by atoms with Gasteiger partial charge in [0.2, 0.25) is 0 Å². The second-order valence-corrected chi connectivity index (χ2v) is 7.71. The van der Waals surface area contributed by atoms with Gasteiger partial charge in [-0.1, -0.05) is 31.0 Å². The molecule has 2 aromatic rings. The van der Waals surface area contributed by atoms with Gasteiger partial charge in [-0.3, -0.25) is 0 Å². The third-order valence-corrected chi connectivity index (χ3v) is 5.66. The summed E-state index contributed by atoms with van der Waals surface area (Å²) < 4.78 is 2.00. The number of benzene rings is 1. The third-order valence-electron chi connectivity index (χ3n) is 5.66. The molecule has 29 heavy (non-hydrogen) atoms. The van der Waals surface area contributed by atoms with Crippen molar-refractivity contribution in [3.8, 4) is 0 Å². The minimum atomic E-state index is 0.527. The number of guanidine groups is 1. The van der Waals surface area contributed by atoms with Gasteiger partial charge in [0.15, 0.2) is 11.8 Å². The van der Waals surface area contributed by atoms with Crippen molar-refractivity contribution in [2.75, 3.05) is 24.5 Å². The number of aryl methyl sites for hydroxylation is 1. The van der Waals surface area contributed by atoms with Crippen LogP contribution in [0.15, 0.2) is 35.3 Å². The Bertz CT molecular complexity index is 763. The Morgan fingerprint density at radius 1 is 1.21 bits per heavy atom. The fourth-order valence-corrected chi connectivity index (χ4v) is 3.74. The summed E-state index contributed by atoms with van der Waals surface area (Å²) in [5, 5.41) is 15.5. The fourth-order valence-electron chi connectivity index (χ4n) is 3.74. The van der Waals surface area contributed by atoms with Crippen LogP contribution in [-0.2, 0) is 13.6 Å². The molecule has 2 N–H and O–H groups in total. The number of nitrogens with zero attached hydrogens (tertiary/aromatic N) is 5. The number of anilines is 1. The zero-order valence-corrected chi connectivity index (χ0v) is 18.1. The Balaban J connectivity index is 1.53. The predicted octanol–water partition coefficient (Wildman–Crippen LogP) is 3.02. The third kappa shape index (κ3) is 6.21. The number of aromatic nitrogens is 3. The summed E-state index contributed by atoms with van der Waals surface area (Å²) >= 11 is 0. The lowest BCUT2D eigenvalue weighted by Gasteiger charge is -2.23. The second-order valence-electron chi connectivity index (χ2n) is 7.71. The van der Waals surface area contributed by atoms with Gasteiger partial charge in [-0.15, -0.1) is 10.2 Å². The van der Waals surface area contributed by atoms with E-state index < -0.39 is 0 Å². The molecule has 1 fully saturated rings. The molecule has 0 amide bonds. The summed E-state index contributed by atoms with van der Waals surface area (Å²) in [6.45, 7) is 7.62. The van der Waals surface area contributed by atoms with Crippen molar-refractivity contribution in [1.29, 1.82) is 0 Å². The van der Waals surface area contributed by atoms with Gasteiger partial charge in [0, 0.05) is 38.4 Å². The Morgan fingerprint density at radius 2 is 1.97 bits per heavy atom. The summed E-state index contributed by atoms with van der Waals surface area (Å²) in [6.07, 6.45) is 6.10. The highest BCUT2D eigenvalue weighted by molar-refractivity contribution is 5.80. The van der Waals surface area contributed by atoms with Gasteiger partial charge in [-0.05, 0) is 45.2 Å². The lowest BCUT2D eigenvalue weighted by atomic mass is 10.2. The molecule has 0 unspecified atom stereocenters. The number of nitrogens with one attached hydrogen (secondary N) is 2. The van der Waals surface area contributed by atoms with Crippen LogP contribution in [0.2, 0.25) is 0 Å². The molecule has 7 heteroatoms. The molecule has 0 atom stereocenters. The lowest BCUT2D eigenvalue weighted by Crippen LogP contribution is -2.43. The van der Waals surface area contributed by atoms with Gasteiger partial charge >= 0.3 is 0 Å². The molecule has 1 aliphatic carbocycles. The van der Waals surface area contributed by atoms with Gasteiger partial charge in [-0.2, -0.15) is 0 Å². The molecule has 1 aliphatic rings. The first-order valence-corrected chi connectivity index (χ1v) is 10.9. The Labute approximate surface area is 174 Å². The van der Waals surface area contributed by atoms with E-state index in [4.69, 9.17) is 4.99 Å². The van der Waals surface area contributed by atoms with Crippen LogP contribution in [0.25, 0.3) is 0 Å². The molecule has 3 rings (SSSR count). The zero-order valence-electron chi connectivity index (χ0n) is 18.1. The molecule has 158 valence electrons. The van der Waals surface area contributed by atoms with Crippen LogP contribution in [0.3, 0.4) is 0 Å². The van der Waals surface area contributed by atoms with Crippen molar-refractivity contribution in [3.63, 3.8) is 0 Å². The van der Waals surface area contributed by atoms with E-state index in [2.05, 4.69) is 63.0 Å². The Kier molecular flexibility index (Phi) is 7.90. The van der Waals surface area contributed by atoms with Crippen molar-refractivity contribution in [1.82, 2.24) is 25.4 Å². The molecule has 1 aromatic heterocycles. The average Bonchev–Trinajstić information content (AvgIpc) is 3.37. The maximum absolute atomic E-state index is 4.78. The van der Waals surface area contributed by atoms with Gasteiger partial charge in [0.25, 0.3) is 0 Å². The SMILES string of the molecule is CCN(CCCNC(=NCc1nnc(C)n1C)NC1CCCC1)c1ccccc1. The summed E-state index contributed by atoms with van der Waals surface area (Å²) in [4.78, 5) is 7.19. The standard InChI is InChI=1S/C22H35N7/c1-4-29(20-13-6-5-7-14-20)16-10-15-23-22(25-19-11-8-9-12-19)24-17-21-27-26-18(2)28(21)3/h5-7,13-14,19H,4,8-12,15-17H2,1-3H3,(H2,23,24,25). The zero-order chi connectivity index (χ0) is 20.5. The Hall–Kier alpha value is -2.57. The van der Waals surface area contributed by atoms with Crippen molar-refractivity contribution in [3.05, 3.63) is 42.0 Å². The molecule has 0 aliphatic heterocycles. The van der Waals surface area contributed by atoms with Crippen molar-refractivity contribution >= 4 is 11.6 Å². The highest BCUT2D eigenvalue weighted by Crippen LogP contribution is 2.17. The highest BCUT2D eigenvalue weighted by Gasteiger charge is 2.16. The maximum atomic E-state index is 4.78. The van der Waals surface area contributed by atoms with Gasteiger partial charge in [-0.25, -0.2) is 4.99 Å². The first-order valence-electron chi connectivity index (χ1n) is 10.9. The number of hydrogen-bond acceptors (Lipinski definition) is 4. The van der Waals surface area contributed by atoms with Crippen LogP contribution in [0.1, 0.15) is 50.7 Å². The van der Waals surface area contributed by atoms with Gasteiger partial charge in [0.1, 0.15) is 12.4 Å². The molecule has 0 saturated heterocycles. The molecule has 1 heterocycles. The fraction of sp³-hybridized carbons (Fsp3) is 0.591. The van der Waals surface area contributed by atoms with Crippen molar-refractivity contribution in [2.24, 2.45) is 12.0 Å². The van der Waals surface area contributed by atoms with Crippen LogP contribution >= 0.6 is 0 Å². The quantitative estimate of drug-likeness (QED) is 0.387. The van der Waals surface area contributed by atoms with E-state index in [9.17, 15) is 0 Å². The average molecular weight is 398 g/mol. The lowest BCUT2D eigenvalue weighted by molar-refractivity contribution is 0.606. The molecule has 1 aromatic carbocycles. The van der Waals surface area contributed by atoms with E-state index in [1.165, 1.54) is 31.4 Å². The van der Waals surface area contributed by atoms with Crippen molar-refractivity contribution < 1.29 is 0 Å². The minimum Gasteiger partial charge on any atom is -0.372 e. The largest absolute Gasteiger partial charge is 0.372 e. The van der Waals surface area contributed by atoms with E-state index in [-0.39, 0.29) is 0 Å². The molecule has 1 saturated carbocycles. The topological polar surface area (TPSA) is 70.4 Å². The number of hydrogen-bond donors (Lipinski definition) is 2. The van der Waals surface area contributed by atoms with Crippen LogP contribution in [-0.4, -0.2) is 46.4 Å². The van der Waals surface area contributed by atoms with Crippen LogP contribution in [0, 0.1) is 6.92 Å². The molecule has 0 radical (unpaired) electrons. The first kappa shape index (κ1) is 21.1. The van der Waals surface area contributed by atoms with Crippen LogP contribution < -0.4 is 15.5 Å². The smallest absolute Gasteiger partial charge is 0.191 e. The molecule has 7 nitrogen and oxygen atoms in total. The molecular weight excluding hydrogens is 362 g/mol. The Morgan fingerprint density at radius 3 is 2.62 bits per heavy atom. The van der Waals surface area contributed by atoms with E-state index in [0.29, 0.717) is 12.6 Å². The van der Waals surface area contributed by atoms with E-state index in [0.717, 1.165) is 43.7 Å². The first-order chi connectivity index (χ1) is 14.2. The predicted molar refractivity (Wildman–Crippen MR) is 119 cm³/mol. The highest BCUT2D eigenvalue weighted by atomic mass is 15.3. The van der Waals surface area contributed by atoms with E-state index in [1.54, 1.807) is 0 Å². The summed E-state index contributed by atoms with van der Waals surface area (Å²) in [5.41, 5.74) is 1.28. The molecular formula is C22H35N7. The number of rotatable bonds is 9.